The van der Waals surface area contributed by atoms with Gasteiger partial charge in [0.25, 0.3) is 0 Å². The molecular weight excluding hydrogens is 288 g/mol. The van der Waals surface area contributed by atoms with Gasteiger partial charge in [0.2, 0.25) is 17.7 Å². The summed E-state index contributed by atoms with van der Waals surface area (Å²) in [6.07, 6.45) is -0.914. The fourth-order valence-corrected chi connectivity index (χ4v) is 1.19. The van der Waals surface area contributed by atoms with Gasteiger partial charge in [-0.05, 0) is 6.92 Å². The molecule has 0 unspecified atom stereocenters. The van der Waals surface area contributed by atoms with E-state index in [0.717, 1.165) is 0 Å². The van der Waals surface area contributed by atoms with E-state index >= 15 is 0 Å². The molecule has 0 atom stereocenters. The Bertz CT molecular complexity index is 476. The number of ether oxygens (including phenoxy) is 3. The highest BCUT2D eigenvalue weighted by Gasteiger charge is 2.20. The Balaban J connectivity index is 2.81. The van der Waals surface area contributed by atoms with Crippen molar-refractivity contribution in [2.24, 2.45) is 0 Å². The molecule has 0 spiro atoms. The summed E-state index contributed by atoms with van der Waals surface area (Å²) in [6, 6.07) is 0.557. The van der Waals surface area contributed by atoms with Gasteiger partial charge < -0.3 is 14.2 Å². The lowest BCUT2D eigenvalue weighted by molar-refractivity contribution is 0.138. The molecule has 0 saturated carbocycles. The van der Waals surface area contributed by atoms with Crippen molar-refractivity contribution in [3.05, 3.63) is 6.07 Å². The number of rotatable bonds is 4. The topological polar surface area (TPSA) is 103 Å². The summed E-state index contributed by atoms with van der Waals surface area (Å²) >= 11 is 3.71. The Kier molecular flexibility index (Phi) is 5.84. The van der Waals surface area contributed by atoms with Crippen LogP contribution < -0.4 is 14.8 Å². The van der Waals surface area contributed by atoms with E-state index in [1.54, 1.807) is 6.92 Å². The first kappa shape index (κ1) is 15.8. The predicted octanol–water partition coefficient (Wildman–Crippen LogP) is 1.33. The zero-order chi connectivity index (χ0) is 15.1. The number of nitrogens with zero attached hydrogens (tertiary/aromatic N) is 3. The van der Waals surface area contributed by atoms with Gasteiger partial charge in [0, 0.05) is 0 Å². The molecule has 0 aromatic carbocycles. The molecule has 20 heavy (non-hydrogen) atoms. The molecule has 0 bridgehead atoms. The number of carbonyl (C=O) groups excluding carboxylic acids is 2. The summed E-state index contributed by atoms with van der Waals surface area (Å²) < 4.78 is 14.9. The van der Waals surface area contributed by atoms with Crippen molar-refractivity contribution in [2.45, 2.75) is 6.92 Å². The summed E-state index contributed by atoms with van der Waals surface area (Å²) in [4.78, 5) is 30.7. The number of anilines is 1. The van der Waals surface area contributed by atoms with Crippen molar-refractivity contribution in [1.29, 1.82) is 0 Å². The molecule has 1 heterocycles. The summed E-state index contributed by atoms with van der Waals surface area (Å²) in [5.74, 6) is 0.276. The molecule has 0 fully saturated rings. The number of nitrogens with one attached hydrogen (secondary N) is 1. The number of methoxy groups -OCH3 is 2. The lowest BCUT2D eigenvalue weighted by atomic mass is 10.6. The smallest absolute Gasteiger partial charge is 0.428 e. The van der Waals surface area contributed by atoms with Gasteiger partial charge in [0.1, 0.15) is 0 Å². The van der Waals surface area contributed by atoms with Crippen LogP contribution in [0, 0.1) is 0 Å². The van der Waals surface area contributed by atoms with Crippen LogP contribution in [0.5, 0.6) is 11.8 Å². The average molecular weight is 302 g/mol. The average Bonchev–Trinajstić information content (AvgIpc) is 2.45. The van der Waals surface area contributed by atoms with Crippen molar-refractivity contribution in [2.75, 3.05) is 26.1 Å². The molecular formula is C10H14N4O5S. The van der Waals surface area contributed by atoms with E-state index < -0.39 is 12.1 Å². The number of aromatic nitrogens is 2. The molecule has 10 heteroatoms. The molecule has 1 aromatic rings. The molecule has 1 N–H and O–H groups in total. The van der Waals surface area contributed by atoms with Crippen molar-refractivity contribution >= 4 is 30.9 Å². The van der Waals surface area contributed by atoms with E-state index in [1.807, 2.05) is 0 Å². The third kappa shape index (κ3) is 4.16. The fraction of sp³-hybridized carbons (Fsp3) is 0.400. The van der Waals surface area contributed by atoms with E-state index in [-0.39, 0.29) is 24.3 Å². The second kappa shape index (κ2) is 7.38. The van der Waals surface area contributed by atoms with Crippen LogP contribution in [0.3, 0.4) is 0 Å². The molecule has 1 rings (SSSR count). The van der Waals surface area contributed by atoms with Gasteiger partial charge in [-0.15, -0.1) is 0 Å². The fourth-order valence-electron chi connectivity index (χ4n) is 1.09. The van der Waals surface area contributed by atoms with Crippen LogP contribution in [0.4, 0.5) is 15.5 Å². The van der Waals surface area contributed by atoms with E-state index in [1.165, 1.54) is 20.3 Å². The first-order valence-electron chi connectivity index (χ1n) is 5.45. The minimum Gasteiger partial charge on any atom is -0.481 e. The molecule has 0 aliphatic carbocycles. The van der Waals surface area contributed by atoms with Crippen LogP contribution in [0.25, 0.3) is 0 Å². The van der Waals surface area contributed by atoms with Gasteiger partial charge in [-0.25, -0.2) is 9.59 Å². The maximum absolute atomic E-state index is 11.7. The van der Waals surface area contributed by atoms with Gasteiger partial charge in [0.15, 0.2) is 0 Å². The third-order valence-electron chi connectivity index (χ3n) is 1.95. The van der Waals surface area contributed by atoms with E-state index in [0.29, 0.717) is 4.31 Å². The van der Waals surface area contributed by atoms with Gasteiger partial charge in [-0.2, -0.15) is 14.3 Å². The molecule has 0 radical (unpaired) electrons. The summed E-state index contributed by atoms with van der Waals surface area (Å²) in [5.41, 5.74) is 0. The van der Waals surface area contributed by atoms with Crippen LogP contribution >= 0.6 is 12.8 Å². The van der Waals surface area contributed by atoms with Crippen LogP contribution in [0.15, 0.2) is 6.07 Å². The second-order valence-corrected chi connectivity index (χ2v) is 3.62. The Hall–Kier alpha value is -2.23. The van der Waals surface area contributed by atoms with Crippen LogP contribution in [-0.2, 0) is 4.74 Å². The van der Waals surface area contributed by atoms with Crippen molar-refractivity contribution in [1.82, 2.24) is 14.3 Å². The predicted molar refractivity (Wildman–Crippen MR) is 72.0 cm³/mol. The number of carbonyl (C=O) groups is 2. The van der Waals surface area contributed by atoms with Crippen molar-refractivity contribution in [3.63, 3.8) is 0 Å². The Labute approximate surface area is 120 Å². The SMILES string of the molecule is CCOC(=O)N(S)C(=O)Nc1nc(OC)cc(OC)n1. The Morgan fingerprint density at radius 1 is 1.30 bits per heavy atom. The molecule has 1 aromatic heterocycles. The first-order chi connectivity index (χ1) is 9.51. The number of imide groups is 1. The quantitative estimate of drug-likeness (QED) is 0.809. The Morgan fingerprint density at radius 3 is 2.30 bits per heavy atom. The molecule has 0 saturated heterocycles. The summed E-state index contributed by atoms with van der Waals surface area (Å²) in [5, 5.41) is 2.26. The third-order valence-corrected chi connectivity index (χ3v) is 2.29. The van der Waals surface area contributed by atoms with E-state index in [9.17, 15) is 9.59 Å². The maximum Gasteiger partial charge on any atom is 0.428 e. The van der Waals surface area contributed by atoms with Crippen LogP contribution in [0.2, 0.25) is 0 Å². The number of thiol groups is 1. The van der Waals surface area contributed by atoms with Crippen molar-refractivity contribution < 1.29 is 23.8 Å². The molecule has 0 aliphatic rings. The van der Waals surface area contributed by atoms with Gasteiger partial charge in [0.05, 0.1) is 26.9 Å². The highest BCUT2D eigenvalue weighted by molar-refractivity contribution is 7.79. The highest BCUT2D eigenvalue weighted by atomic mass is 32.1. The number of hydrogen-bond acceptors (Lipinski definition) is 8. The molecule has 110 valence electrons. The largest absolute Gasteiger partial charge is 0.481 e. The van der Waals surface area contributed by atoms with E-state index in [2.05, 4.69) is 32.8 Å². The number of urea groups is 1. The number of hydrogen-bond donors (Lipinski definition) is 2. The highest BCUT2D eigenvalue weighted by Crippen LogP contribution is 2.17. The summed E-state index contributed by atoms with van der Waals surface area (Å²) in [6.45, 7) is 1.72. The Morgan fingerprint density at radius 2 is 1.85 bits per heavy atom. The molecule has 0 aliphatic heterocycles. The lowest BCUT2D eigenvalue weighted by Gasteiger charge is -2.13. The lowest BCUT2D eigenvalue weighted by Crippen LogP contribution is -2.33. The first-order valence-corrected chi connectivity index (χ1v) is 5.85. The molecule has 9 nitrogen and oxygen atoms in total. The standard InChI is InChI=1S/C10H14N4O5S/c1-4-19-10(16)14(20)9(15)13-8-11-6(17-2)5-7(12-8)18-3/h5,20H,4H2,1-3H3,(H,11,12,13,15). The zero-order valence-corrected chi connectivity index (χ0v) is 12.0. The normalized spacial score (nSPS) is 9.60. The van der Waals surface area contributed by atoms with Crippen LogP contribution in [-0.4, -0.2) is 47.2 Å². The second-order valence-electron chi connectivity index (χ2n) is 3.22. The summed E-state index contributed by atoms with van der Waals surface area (Å²) in [7, 11) is 2.80. The van der Waals surface area contributed by atoms with Gasteiger partial charge in [-0.3, -0.25) is 5.32 Å². The number of amides is 3. The minimum atomic E-state index is -0.914. The van der Waals surface area contributed by atoms with Gasteiger partial charge >= 0.3 is 12.1 Å². The van der Waals surface area contributed by atoms with E-state index in [4.69, 9.17) is 9.47 Å². The van der Waals surface area contributed by atoms with Gasteiger partial charge in [-0.1, -0.05) is 12.8 Å². The monoisotopic (exact) mass is 302 g/mol. The maximum atomic E-state index is 11.7. The van der Waals surface area contributed by atoms with Crippen LogP contribution in [0.1, 0.15) is 6.92 Å². The minimum absolute atomic E-state index is 0.102. The van der Waals surface area contributed by atoms with Crippen molar-refractivity contribution in [3.8, 4) is 11.8 Å². The molecule has 3 amide bonds. The zero-order valence-electron chi connectivity index (χ0n) is 11.1.